The summed E-state index contributed by atoms with van der Waals surface area (Å²) in [6.07, 6.45) is 4.34. The molecular formula is C13H11N3O. The Kier molecular flexibility index (Phi) is 1.62. The van der Waals surface area contributed by atoms with Crippen LogP contribution in [-0.2, 0) is 4.79 Å². The Labute approximate surface area is 98.1 Å². The fourth-order valence-corrected chi connectivity index (χ4v) is 3.03. The molecule has 1 aromatic heterocycles. The minimum absolute atomic E-state index is 0.0233. The van der Waals surface area contributed by atoms with Crippen molar-refractivity contribution in [2.24, 2.45) is 0 Å². The first-order valence-electron chi connectivity index (χ1n) is 5.85. The van der Waals surface area contributed by atoms with Crippen LogP contribution in [0.25, 0.3) is 11.0 Å². The summed E-state index contributed by atoms with van der Waals surface area (Å²) in [6.45, 7) is 0.758. The molecule has 1 fully saturated rings. The Bertz CT molecular complexity index is 638. The van der Waals surface area contributed by atoms with Gasteiger partial charge in [0.05, 0.1) is 17.0 Å². The lowest BCUT2D eigenvalue weighted by atomic mass is 9.97. The van der Waals surface area contributed by atoms with Crippen LogP contribution in [0, 0.1) is 0 Å². The molecule has 0 radical (unpaired) electrons. The quantitative estimate of drug-likeness (QED) is 0.736. The van der Waals surface area contributed by atoms with E-state index in [1.807, 2.05) is 6.07 Å². The molecule has 0 saturated carbocycles. The SMILES string of the molecule is O=C1NC[C@@H]2C[C@@H]1c1cc3nccnc3cc12. The summed E-state index contributed by atoms with van der Waals surface area (Å²) in [4.78, 5) is 20.4. The van der Waals surface area contributed by atoms with Crippen LogP contribution in [0.3, 0.4) is 0 Å². The molecule has 17 heavy (non-hydrogen) atoms. The lowest BCUT2D eigenvalue weighted by Crippen LogP contribution is -2.34. The molecular weight excluding hydrogens is 214 g/mol. The number of carbonyl (C=O) groups is 1. The Hall–Kier alpha value is -1.97. The predicted molar refractivity (Wildman–Crippen MR) is 62.6 cm³/mol. The van der Waals surface area contributed by atoms with Crippen molar-refractivity contribution in [1.29, 1.82) is 0 Å². The van der Waals surface area contributed by atoms with Crippen molar-refractivity contribution in [3.63, 3.8) is 0 Å². The summed E-state index contributed by atoms with van der Waals surface area (Å²) >= 11 is 0. The highest BCUT2D eigenvalue weighted by molar-refractivity contribution is 5.89. The molecule has 4 rings (SSSR count). The Morgan fingerprint density at radius 2 is 1.82 bits per heavy atom. The topological polar surface area (TPSA) is 54.9 Å². The second kappa shape index (κ2) is 3.03. The van der Waals surface area contributed by atoms with Gasteiger partial charge in [0.1, 0.15) is 0 Å². The van der Waals surface area contributed by atoms with Gasteiger partial charge in [0.15, 0.2) is 0 Å². The van der Waals surface area contributed by atoms with Gasteiger partial charge >= 0.3 is 0 Å². The van der Waals surface area contributed by atoms with E-state index in [4.69, 9.17) is 0 Å². The van der Waals surface area contributed by atoms with E-state index in [1.165, 1.54) is 5.56 Å². The molecule has 1 saturated heterocycles. The van der Waals surface area contributed by atoms with Crippen LogP contribution >= 0.6 is 0 Å². The maximum atomic E-state index is 11.8. The lowest BCUT2D eigenvalue weighted by molar-refractivity contribution is -0.123. The van der Waals surface area contributed by atoms with Crippen molar-refractivity contribution in [2.45, 2.75) is 18.3 Å². The van der Waals surface area contributed by atoms with Crippen LogP contribution in [0.5, 0.6) is 0 Å². The highest BCUT2D eigenvalue weighted by Crippen LogP contribution is 2.44. The van der Waals surface area contributed by atoms with Crippen LogP contribution in [-0.4, -0.2) is 22.4 Å². The zero-order valence-corrected chi connectivity index (χ0v) is 9.18. The molecule has 1 amide bonds. The number of amides is 1. The molecule has 0 unspecified atom stereocenters. The first-order chi connectivity index (χ1) is 8.33. The molecule has 2 aromatic rings. The summed E-state index contributed by atoms with van der Waals surface area (Å²) in [5.41, 5.74) is 4.23. The van der Waals surface area contributed by atoms with Crippen molar-refractivity contribution in [2.75, 3.05) is 6.54 Å². The van der Waals surface area contributed by atoms with Gasteiger partial charge in [0.25, 0.3) is 0 Å². The number of piperidine rings is 1. The highest BCUT2D eigenvalue weighted by atomic mass is 16.2. The number of hydrogen-bond acceptors (Lipinski definition) is 3. The summed E-state index contributed by atoms with van der Waals surface area (Å²) in [7, 11) is 0. The number of benzene rings is 1. The van der Waals surface area contributed by atoms with Crippen LogP contribution in [0.2, 0.25) is 0 Å². The largest absolute Gasteiger partial charge is 0.355 e. The van der Waals surface area contributed by atoms with Gasteiger partial charge in [-0.2, -0.15) is 0 Å². The second-order valence-corrected chi connectivity index (χ2v) is 4.76. The van der Waals surface area contributed by atoms with E-state index in [9.17, 15) is 4.79 Å². The van der Waals surface area contributed by atoms with Crippen molar-refractivity contribution in [3.8, 4) is 0 Å². The second-order valence-electron chi connectivity index (χ2n) is 4.76. The standard InChI is InChI=1S/C13H11N3O/c17-13-10-3-7(6-16-13)8-4-11-12(5-9(8)10)15-2-1-14-11/h1-2,4-5,7,10H,3,6H2,(H,16,17)/t7-,10+/m0/s1. The van der Waals surface area contributed by atoms with E-state index < -0.39 is 0 Å². The molecule has 2 aliphatic rings. The number of carbonyl (C=O) groups excluding carboxylic acids is 1. The fourth-order valence-electron chi connectivity index (χ4n) is 3.03. The van der Waals surface area contributed by atoms with Gasteiger partial charge < -0.3 is 5.32 Å². The van der Waals surface area contributed by atoms with Crippen molar-refractivity contribution >= 4 is 16.9 Å². The maximum absolute atomic E-state index is 11.8. The summed E-state index contributed by atoms with van der Waals surface area (Å²) in [5.74, 6) is 0.637. The molecule has 0 spiro atoms. The Morgan fingerprint density at radius 1 is 1.12 bits per heavy atom. The zero-order valence-electron chi connectivity index (χ0n) is 9.18. The van der Waals surface area contributed by atoms with Gasteiger partial charge in [-0.25, -0.2) is 0 Å². The van der Waals surface area contributed by atoms with Crippen molar-refractivity contribution in [3.05, 3.63) is 35.7 Å². The molecule has 1 N–H and O–H groups in total. The molecule has 1 aromatic carbocycles. The average Bonchev–Trinajstić information content (AvgIpc) is 2.66. The van der Waals surface area contributed by atoms with Crippen LogP contribution in [0.15, 0.2) is 24.5 Å². The first kappa shape index (κ1) is 9.10. The number of nitrogens with one attached hydrogen (secondary N) is 1. The van der Waals surface area contributed by atoms with Gasteiger partial charge in [0, 0.05) is 24.9 Å². The molecule has 84 valence electrons. The summed E-state index contributed by atoms with van der Waals surface area (Å²) in [6, 6.07) is 4.13. The maximum Gasteiger partial charge on any atom is 0.227 e. The molecule has 2 atom stereocenters. The van der Waals surface area contributed by atoms with Gasteiger partial charge in [-0.1, -0.05) is 0 Å². The van der Waals surface area contributed by atoms with E-state index in [-0.39, 0.29) is 11.8 Å². The molecule has 1 aliphatic heterocycles. The third kappa shape index (κ3) is 1.15. The lowest BCUT2D eigenvalue weighted by Gasteiger charge is -2.19. The van der Waals surface area contributed by atoms with E-state index in [0.717, 1.165) is 29.6 Å². The van der Waals surface area contributed by atoms with E-state index >= 15 is 0 Å². The molecule has 4 nitrogen and oxygen atoms in total. The smallest absolute Gasteiger partial charge is 0.227 e. The van der Waals surface area contributed by atoms with Gasteiger partial charge in [0.2, 0.25) is 5.91 Å². The average molecular weight is 225 g/mol. The zero-order chi connectivity index (χ0) is 11.4. The van der Waals surface area contributed by atoms with E-state index in [2.05, 4.69) is 21.4 Å². The third-order valence-electron chi connectivity index (χ3n) is 3.85. The number of rotatable bonds is 0. The van der Waals surface area contributed by atoms with Crippen LogP contribution in [0.1, 0.15) is 29.4 Å². The van der Waals surface area contributed by atoms with Gasteiger partial charge in [-0.15, -0.1) is 0 Å². The minimum atomic E-state index is 0.0233. The first-order valence-corrected chi connectivity index (χ1v) is 5.85. The number of aromatic nitrogens is 2. The number of nitrogens with zero attached hydrogens (tertiary/aromatic N) is 2. The highest BCUT2D eigenvalue weighted by Gasteiger charge is 2.39. The molecule has 2 heterocycles. The predicted octanol–water partition coefficient (Wildman–Crippen LogP) is 1.33. The fraction of sp³-hybridized carbons (Fsp3) is 0.308. The number of hydrogen-bond donors (Lipinski definition) is 1. The summed E-state index contributed by atoms with van der Waals surface area (Å²) < 4.78 is 0. The number of fused-ring (bicyclic) bond motifs is 6. The van der Waals surface area contributed by atoms with Gasteiger partial charge in [-0.05, 0) is 29.7 Å². The molecule has 4 heteroatoms. The Morgan fingerprint density at radius 3 is 2.59 bits per heavy atom. The molecule has 2 bridgehead atoms. The van der Waals surface area contributed by atoms with Crippen molar-refractivity contribution in [1.82, 2.24) is 15.3 Å². The van der Waals surface area contributed by atoms with Crippen molar-refractivity contribution < 1.29 is 4.79 Å². The third-order valence-corrected chi connectivity index (χ3v) is 3.85. The normalized spacial score (nSPS) is 25.8. The van der Waals surface area contributed by atoms with Crippen LogP contribution in [0.4, 0.5) is 0 Å². The van der Waals surface area contributed by atoms with E-state index in [1.54, 1.807) is 12.4 Å². The minimum Gasteiger partial charge on any atom is -0.355 e. The van der Waals surface area contributed by atoms with Crippen LogP contribution < -0.4 is 5.32 Å². The molecule has 1 aliphatic carbocycles. The monoisotopic (exact) mass is 225 g/mol. The van der Waals surface area contributed by atoms with E-state index in [0.29, 0.717) is 5.92 Å². The summed E-state index contributed by atoms with van der Waals surface area (Å²) in [5, 5.41) is 2.97. The Balaban J connectivity index is 2.02. The van der Waals surface area contributed by atoms with Gasteiger partial charge in [-0.3, -0.25) is 14.8 Å².